The van der Waals surface area contributed by atoms with Gasteiger partial charge in [0.1, 0.15) is 0 Å². The summed E-state index contributed by atoms with van der Waals surface area (Å²) in [4.78, 5) is 22.7. The minimum atomic E-state index is -0.380. The first-order valence-corrected chi connectivity index (χ1v) is 6.38. The Bertz CT molecular complexity index is 463. The first kappa shape index (κ1) is 15.3. The number of nitrogens with one attached hydrogen (secondary N) is 2. The van der Waals surface area contributed by atoms with E-state index in [1.54, 1.807) is 25.1 Å². The summed E-state index contributed by atoms with van der Waals surface area (Å²) in [6.45, 7) is 4.12. The van der Waals surface area contributed by atoms with Crippen molar-refractivity contribution in [3.63, 3.8) is 0 Å². The Morgan fingerprint density at radius 2 is 2.11 bits per heavy atom. The molecule has 0 aliphatic carbocycles. The Morgan fingerprint density at radius 3 is 2.79 bits per heavy atom. The van der Waals surface area contributed by atoms with Crippen LogP contribution in [0.2, 0.25) is 5.02 Å². The van der Waals surface area contributed by atoms with Crippen LogP contribution in [0.4, 0.5) is 10.5 Å². The van der Waals surface area contributed by atoms with E-state index in [1.807, 2.05) is 6.92 Å². The molecule has 2 N–H and O–H groups in total. The number of carbonyl (C=O) groups is 2. The Morgan fingerprint density at radius 1 is 1.37 bits per heavy atom. The van der Waals surface area contributed by atoms with Gasteiger partial charge in [-0.2, -0.15) is 0 Å². The van der Waals surface area contributed by atoms with Crippen molar-refractivity contribution in [2.75, 3.05) is 18.5 Å². The molecule has 6 heteroatoms. The number of anilines is 1. The van der Waals surface area contributed by atoms with Crippen molar-refractivity contribution >= 4 is 29.3 Å². The maximum atomic E-state index is 11.6. The summed E-state index contributed by atoms with van der Waals surface area (Å²) in [7, 11) is 0. The number of rotatable bonds is 5. The van der Waals surface area contributed by atoms with Gasteiger partial charge in [0, 0.05) is 17.3 Å². The summed E-state index contributed by atoms with van der Waals surface area (Å²) in [6.07, 6.45) is 0.149. The van der Waals surface area contributed by atoms with Crippen LogP contribution >= 0.6 is 11.6 Å². The summed E-state index contributed by atoms with van der Waals surface area (Å²) in [5.41, 5.74) is 1.44. The summed E-state index contributed by atoms with van der Waals surface area (Å²) in [5.74, 6) is -0.332. The van der Waals surface area contributed by atoms with E-state index in [1.165, 1.54) is 0 Å². The molecule has 104 valence electrons. The van der Waals surface area contributed by atoms with E-state index in [0.29, 0.717) is 17.3 Å². The Hall–Kier alpha value is -1.75. The molecule has 0 saturated carbocycles. The van der Waals surface area contributed by atoms with Gasteiger partial charge in [0.05, 0.1) is 13.0 Å². The fraction of sp³-hybridized carbons (Fsp3) is 0.385. The lowest BCUT2D eigenvalue weighted by molar-refractivity contribution is -0.142. The number of hydrogen-bond donors (Lipinski definition) is 2. The van der Waals surface area contributed by atoms with Crippen LogP contribution in [0.15, 0.2) is 18.2 Å². The molecule has 0 aliphatic heterocycles. The summed E-state index contributed by atoms with van der Waals surface area (Å²) < 4.78 is 4.75. The molecule has 0 saturated heterocycles. The summed E-state index contributed by atoms with van der Waals surface area (Å²) >= 11 is 5.95. The third-order valence-corrected chi connectivity index (χ3v) is 2.85. The molecule has 0 unspecified atom stereocenters. The highest BCUT2D eigenvalue weighted by Gasteiger charge is 2.07. The molecule has 0 heterocycles. The van der Waals surface area contributed by atoms with Crippen LogP contribution in [0.1, 0.15) is 18.9 Å². The number of esters is 1. The van der Waals surface area contributed by atoms with Crippen molar-refractivity contribution in [1.29, 1.82) is 0 Å². The second kappa shape index (κ2) is 7.63. The van der Waals surface area contributed by atoms with Gasteiger partial charge in [0.2, 0.25) is 0 Å². The van der Waals surface area contributed by atoms with E-state index in [9.17, 15) is 9.59 Å². The predicted octanol–water partition coefficient (Wildman–Crippen LogP) is 2.72. The smallest absolute Gasteiger partial charge is 0.319 e. The molecule has 0 fully saturated rings. The third kappa shape index (κ3) is 5.18. The van der Waals surface area contributed by atoms with Crippen molar-refractivity contribution < 1.29 is 14.3 Å². The molecule has 0 aromatic heterocycles. The van der Waals surface area contributed by atoms with Crippen molar-refractivity contribution in [3.05, 3.63) is 28.8 Å². The molecule has 0 atom stereocenters. The lowest BCUT2D eigenvalue weighted by atomic mass is 10.2. The molecule has 19 heavy (non-hydrogen) atoms. The summed E-state index contributed by atoms with van der Waals surface area (Å²) in [6, 6.07) is 4.88. The monoisotopic (exact) mass is 284 g/mol. The van der Waals surface area contributed by atoms with Crippen LogP contribution in [0.3, 0.4) is 0 Å². The van der Waals surface area contributed by atoms with Crippen molar-refractivity contribution in [3.8, 4) is 0 Å². The maximum absolute atomic E-state index is 11.6. The van der Waals surface area contributed by atoms with Crippen LogP contribution in [-0.2, 0) is 9.53 Å². The zero-order valence-corrected chi connectivity index (χ0v) is 11.7. The third-order valence-electron chi connectivity index (χ3n) is 2.44. The molecule has 1 rings (SSSR count). The Labute approximate surface area is 117 Å². The van der Waals surface area contributed by atoms with E-state index in [0.717, 1.165) is 5.56 Å². The van der Waals surface area contributed by atoms with E-state index in [2.05, 4.69) is 10.6 Å². The van der Waals surface area contributed by atoms with Gasteiger partial charge in [-0.05, 0) is 31.5 Å². The van der Waals surface area contributed by atoms with Gasteiger partial charge in [0.15, 0.2) is 0 Å². The van der Waals surface area contributed by atoms with E-state index in [4.69, 9.17) is 16.3 Å². The van der Waals surface area contributed by atoms with Crippen LogP contribution in [0, 0.1) is 6.92 Å². The normalized spacial score (nSPS) is 9.84. The molecule has 0 spiro atoms. The largest absolute Gasteiger partial charge is 0.466 e. The fourth-order valence-electron chi connectivity index (χ4n) is 1.42. The van der Waals surface area contributed by atoms with Gasteiger partial charge in [0.25, 0.3) is 0 Å². The first-order chi connectivity index (χ1) is 9.04. The number of carbonyl (C=O) groups excluding carboxylic acids is 2. The van der Waals surface area contributed by atoms with Crippen LogP contribution < -0.4 is 10.6 Å². The number of urea groups is 1. The van der Waals surface area contributed by atoms with Crippen molar-refractivity contribution in [2.24, 2.45) is 0 Å². The number of hydrogen-bond acceptors (Lipinski definition) is 3. The molecule has 0 aliphatic rings. The molecule has 1 aromatic rings. The Balaban J connectivity index is 2.39. The molecule has 2 amide bonds. The topological polar surface area (TPSA) is 67.4 Å². The van der Waals surface area contributed by atoms with Gasteiger partial charge in [-0.25, -0.2) is 4.79 Å². The van der Waals surface area contributed by atoms with Gasteiger partial charge >= 0.3 is 12.0 Å². The number of ether oxygens (including phenoxy) is 1. The van der Waals surface area contributed by atoms with Gasteiger partial charge < -0.3 is 15.4 Å². The number of benzene rings is 1. The molecular formula is C13H17ClN2O3. The first-order valence-electron chi connectivity index (χ1n) is 6.00. The molecular weight excluding hydrogens is 268 g/mol. The quantitative estimate of drug-likeness (QED) is 0.817. The second-order valence-electron chi connectivity index (χ2n) is 3.85. The van der Waals surface area contributed by atoms with Crippen LogP contribution in [-0.4, -0.2) is 25.2 Å². The number of amides is 2. The standard InChI is InChI=1S/C13H17ClN2O3/c1-3-19-12(17)7-8-15-13(18)16-11-6-4-5-10(14)9(11)2/h4-6H,3,7-8H2,1-2H3,(H2,15,16,18). The van der Waals surface area contributed by atoms with Crippen LogP contribution in [0.25, 0.3) is 0 Å². The van der Waals surface area contributed by atoms with E-state index >= 15 is 0 Å². The maximum Gasteiger partial charge on any atom is 0.319 e. The van der Waals surface area contributed by atoms with Crippen LogP contribution in [0.5, 0.6) is 0 Å². The number of halogens is 1. The minimum Gasteiger partial charge on any atom is -0.466 e. The van der Waals surface area contributed by atoms with E-state index < -0.39 is 0 Å². The van der Waals surface area contributed by atoms with Crippen molar-refractivity contribution in [1.82, 2.24) is 5.32 Å². The SMILES string of the molecule is CCOC(=O)CCNC(=O)Nc1cccc(Cl)c1C. The molecule has 5 nitrogen and oxygen atoms in total. The predicted molar refractivity (Wildman–Crippen MR) is 74.5 cm³/mol. The van der Waals surface area contributed by atoms with Gasteiger partial charge in [-0.15, -0.1) is 0 Å². The lowest BCUT2D eigenvalue weighted by Crippen LogP contribution is -2.31. The average Bonchev–Trinajstić information content (AvgIpc) is 2.35. The average molecular weight is 285 g/mol. The van der Waals surface area contributed by atoms with Gasteiger partial charge in [-0.3, -0.25) is 4.79 Å². The van der Waals surface area contributed by atoms with E-state index in [-0.39, 0.29) is 25.0 Å². The van der Waals surface area contributed by atoms with Gasteiger partial charge in [-0.1, -0.05) is 17.7 Å². The molecule has 0 radical (unpaired) electrons. The molecule has 0 bridgehead atoms. The zero-order valence-electron chi connectivity index (χ0n) is 11.0. The van der Waals surface area contributed by atoms with Crippen molar-refractivity contribution in [2.45, 2.75) is 20.3 Å². The summed E-state index contributed by atoms with van der Waals surface area (Å²) in [5, 5.41) is 5.83. The highest BCUT2D eigenvalue weighted by atomic mass is 35.5. The highest BCUT2D eigenvalue weighted by molar-refractivity contribution is 6.31. The molecule has 1 aromatic carbocycles. The second-order valence-corrected chi connectivity index (χ2v) is 4.26. The lowest BCUT2D eigenvalue weighted by Gasteiger charge is -2.10. The highest BCUT2D eigenvalue weighted by Crippen LogP contribution is 2.22. The Kier molecular flexibility index (Phi) is 6.15. The fourth-order valence-corrected chi connectivity index (χ4v) is 1.60. The minimum absolute atomic E-state index is 0.149. The zero-order chi connectivity index (χ0) is 14.3.